The molecule has 0 aliphatic carbocycles. The van der Waals surface area contributed by atoms with Crippen LogP contribution in [0.2, 0.25) is 5.15 Å². The van der Waals surface area contributed by atoms with Crippen molar-refractivity contribution in [1.82, 2.24) is 14.5 Å². The third-order valence-electron chi connectivity index (χ3n) is 4.04. The van der Waals surface area contributed by atoms with Crippen LogP contribution in [0.25, 0.3) is 10.2 Å². The van der Waals surface area contributed by atoms with E-state index in [-0.39, 0.29) is 16.6 Å². The molecule has 9 heteroatoms. The maximum Gasteiger partial charge on any atom is 0.262 e. The Bertz CT molecular complexity index is 1060. The minimum Gasteiger partial charge on any atom is -0.322 e. The zero-order chi connectivity index (χ0) is 19.0. The SMILES string of the molecule is Cc1sc2nc(SC(C)C(=O)Nc3cccnc3Cl)n(C)c(=O)c2c1C. The van der Waals surface area contributed by atoms with Gasteiger partial charge in [0.25, 0.3) is 5.56 Å². The highest BCUT2D eigenvalue weighted by Crippen LogP contribution is 2.29. The molecule has 1 amide bonds. The van der Waals surface area contributed by atoms with Crippen LogP contribution in [0.3, 0.4) is 0 Å². The average molecular weight is 409 g/mol. The van der Waals surface area contributed by atoms with Crippen LogP contribution in [0.15, 0.2) is 28.3 Å². The van der Waals surface area contributed by atoms with E-state index in [2.05, 4.69) is 15.3 Å². The number of fused-ring (bicyclic) bond motifs is 1. The van der Waals surface area contributed by atoms with E-state index >= 15 is 0 Å². The van der Waals surface area contributed by atoms with Crippen LogP contribution in [0.1, 0.15) is 17.4 Å². The summed E-state index contributed by atoms with van der Waals surface area (Å²) in [6.45, 7) is 5.66. The Hall–Kier alpha value is -1.90. The van der Waals surface area contributed by atoms with E-state index in [0.29, 0.717) is 21.1 Å². The molecule has 3 aromatic heterocycles. The zero-order valence-electron chi connectivity index (χ0n) is 14.7. The molecule has 0 fully saturated rings. The Kier molecular flexibility index (Phi) is 5.36. The normalized spacial score (nSPS) is 12.3. The molecule has 3 rings (SSSR count). The van der Waals surface area contributed by atoms with Crippen LogP contribution in [0.4, 0.5) is 5.69 Å². The highest BCUT2D eigenvalue weighted by molar-refractivity contribution is 8.00. The molecule has 0 bridgehead atoms. The summed E-state index contributed by atoms with van der Waals surface area (Å²) in [5.41, 5.74) is 1.32. The molecule has 0 radical (unpaired) electrons. The second-order valence-corrected chi connectivity index (χ2v) is 8.68. The van der Waals surface area contributed by atoms with Crippen molar-refractivity contribution in [1.29, 1.82) is 0 Å². The minimum atomic E-state index is -0.469. The Morgan fingerprint density at radius 3 is 2.85 bits per heavy atom. The van der Waals surface area contributed by atoms with E-state index in [9.17, 15) is 9.59 Å². The van der Waals surface area contributed by atoms with Gasteiger partial charge >= 0.3 is 0 Å². The second kappa shape index (κ2) is 7.38. The number of pyridine rings is 1. The summed E-state index contributed by atoms with van der Waals surface area (Å²) >= 11 is 8.69. The first kappa shape index (κ1) is 18.9. The summed E-state index contributed by atoms with van der Waals surface area (Å²) in [5.74, 6) is -0.238. The number of hydrogen-bond acceptors (Lipinski definition) is 6. The molecule has 26 heavy (non-hydrogen) atoms. The Morgan fingerprint density at radius 1 is 1.42 bits per heavy atom. The summed E-state index contributed by atoms with van der Waals surface area (Å²) < 4.78 is 1.49. The zero-order valence-corrected chi connectivity index (χ0v) is 17.1. The van der Waals surface area contributed by atoms with Gasteiger partial charge in [0.2, 0.25) is 5.91 Å². The summed E-state index contributed by atoms with van der Waals surface area (Å²) in [6.07, 6.45) is 1.55. The van der Waals surface area contributed by atoms with E-state index in [1.165, 1.54) is 27.7 Å². The number of nitrogens with zero attached hydrogens (tertiary/aromatic N) is 3. The van der Waals surface area contributed by atoms with Gasteiger partial charge in [-0.05, 0) is 38.5 Å². The number of carbonyl (C=O) groups excluding carboxylic acids is 1. The molecular formula is C17H17ClN4O2S2. The van der Waals surface area contributed by atoms with Crippen molar-refractivity contribution in [2.45, 2.75) is 31.2 Å². The third kappa shape index (κ3) is 3.49. The van der Waals surface area contributed by atoms with Crippen LogP contribution in [0, 0.1) is 13.8 Å². The average Bonchev–Trinajstić information content (AvgIpc) is 2.88. The number of nitrogens with one attached hydrogen (secondary N) is 1. The number of rotatable bonds is 4. The van der Waals surface area contributed by atoms with Gasteiger partial charge in [-0.1, -0.05) is 23.4 Å². The van der Waals surface area contributed by atoms with Crippen molar-refractivity contribution in [3.8, 4) is 0 Å². The summed E-state index contributed by atoms with van der Waals surface area (Å²) in [7, 11) is 1.67. The van der Waals surface area contributed by atoms with Gasteiger partial charge in [-0.2, -0.15) is 0 Å². The quantitative estimate of drug-likeness (QED) is 0.404. The molecule has 3 heterocycles. The molecule has 0 saturated heterocycles. The maximum absolute atomic E-state index is 12.7. The van der Waals surface area contributed by atoms with Crippen LogP contribution >= 0.6 is 34.7 Å². The third-order valence-corrected chi connectivity index (χ3v) is 6.58. The van der Waals surface area contributed by atoms with Crippen molar-refractivity contribution < 1.29 is 4.79 Å². The number of carbonyl (C=O) groups is 1. The summed E-state index contributed by atoms with van der Waals surface area (Å²) in [5, 5.41) is 3.67. The van der Waals surface area contributed by atoms with Gasteiger partial charge in [0.1, 0.15) is 4.83 Å². The first-order chi connectivity index (χ1) is 12.3. The molecule has 0 saturated carbocycles. The molecule has 0 aliphatic heterocycles. The lowest BCUT2D eigenvalue weighted by molar-refractivity contribution is -0.115. The topological polar surface area (TPSA) is 76.9 Å². The molecule has 1 unspecified atom stereocenters. The Labute approximate surface area is 163 Å². The Balaban J connectivity index is 1.86. The van der Waals surface area contributed by atoms with Crippen molar-refractivity contribution in [3.63, 3.8) is 0 Å². The van der Waals surface area contributed by atoms with Gasteiger partial charge in [-0.25, -0.2) is 9.97 Å². The van der Waals surface area contributed by atoms with Crippen molar-refractivity contribution in [3.05, 3.63) is 44.3 Å². The molecular weight excluding hydrogens is 392 g/mol. The van der Waals surface area contributed by atoms with Crippen molar-refractivity contribution in [2.24, 2.45) is 7.05 Å². The van der Waals surface area contributed by atoms with Gasteiger partial charge in [0.15, 0.2) is 10.3 Å². The molecule has 3 aromatic rings. The van der Waals surface area contributed by atoms with E-state index in [4.69, 9.17) is 11.6 Å². The summed E-state index contributed by atoms with van der Waals surface area (Å²) in [4.78, 5) is 35.4. The predicted molar refractivity (Wildman–Crippen MR) is 108 cm³/mol. The number of thioether (sulfide) groups is 1. The number of amides is 1. The molecule has 1 atom stereocenters. The van der Waals surface area contributed by atoms with Crippen molar-refractivity contribution >= 4 is 56.5 Å². The predicted octanol–water partition coefficient (Wildman–Crippen LogP) is 3.78. The monoisotopic (exact) mass is 408 g/mol. The fourth-order valence-electron chi connectivity index (χ4n) is 2.39. The number of hydrogen-bond donors (Lipinski definition) is 1. The van der Waals surface area contributed by atoms with Gasteiger partial charge in [0.05, 0.1) is 16.3 Å². The first-order valence-corrected chi connectivity index (χ1v) is 9.91. The molecule has 136 valence electrons. The fourth-order valence-corrected chi connectivity index (χ4v) is 4.50. The lowest BCUT2D eigenvalue weighted by atomic mass is 10.2. The highest BCUT2D eigenvalue weighted by atomic mass is 35.5. The largest absolute Gasteiger partial charge is 0.322 e. The smallest absolute Gasteiger partial charge is 0.262 e. The summed E-state index contributed by atoms with van der Waals surface area (Å²) in [6, 6.07) is 3.38. The van der Waals surface area contributed by atoms with Gasteiger partial charge in [0, 0.05) is 18.1 Å². The van der Waals surface area contributed by atoms with E-state index in [0.717, 1.165) is 10.4 Å². The number of anilines is 1. The van der Waals surface area contributed by atoms with Gasteiger partial charge < -0.3 is 5.32 Å². The number of aromatic nitrogens is 3. The van der Waals surface area contributed by atoms with E-state index in [1.54, 1.807) is 32.3 Å². The highest BCUT2D eigenvalue weighted by Gasteiger charge is 2.21. The Morgan fingerprint density at radius 2 is 2.15 bits per heavy atom. The fraction of sp³-hybridized carbons (Fsp3) is 0.294. The van der Waals surface area contributed by atoms with Crippen LogP contribution in [-0.2, 0) is 11.8 Å². The lowest BCUT2D eigenvalue weighted by Gasteiger charge is -2.14. The van der Waals surface area contributed by atoms with Gasteiger partial charge in [-0.3, -0.25) is 14.2 Å². The van der Waals surface area contributed by atoms with Crippen LogP contribution < -0.4 is 10.9 Å². The van der Waals surface area contributed by atoms with E-state index < -0.39 is 5.25 Å². The number of aryl methyl sites for hydroxylation is 2. The van der Waals surface area contributed by atoms with Crippen LogP contribution in [-0.4, -0.2) is 25.7 Å². The standard InChI is InChI=1S/C17H17ClN4O2S2/c1-8-9(2)25-15-12(8)16(24)22(4)17(21-15)26-10(3)14(23)20-11-6-5-7-19-13(11)18/h5-7,10H,1-4H3,(H,20,23). The molecule has 6 nitrogen and oxygen atoms in total. The molecule has 0 aromatic carbocycles. The first-order valence-electron chi connectivity index (χ1n) is 7.84. The minimum absolute atomic E-state index is 0.0951. The van der Waals surface area contributed by atoms with Crippen LogP contribution in [0.5, 0.6) is 0 Å². The number of halogens is 1. The lowest BCUT2D eigenvalue weighted by Crippen LogP contribution is -2.25. The van der Waals surface area contributed by atoms with Crippen molar-refractivity contribution in [2.75, 3.05) is 5.32 Å². The molecule has 1 N–H and O–H groups in total. The van der Waals surface area contributed by atoms with E-state index in [1.807, 2.05) is 13.8 Å². The molecule has 0 aliphatic rings. The molecule has 0 spiro atoms. The van der Waals surface area contributed by atoms with Gasteiger partial charge in [-0.15, -0.1) is 11.3 Å². The maximum atomic E-state index is 12.7. The number of thiophene rings is 1. The second-order valence-electron chi connectivity index (χ2n) is 5.81.